The van der Waals surface area contributed by atoms with E-state index < -0.39 is 40.2 Å². The van der Waals surface area contributed by atoms with E-state index in [1.165, 1.54) is 0 Å². The molecule has 142 valence electrons. The topological polar surface area (TPSA) is 124 Å². The van der Waals surface area contributed by atoms with Crippen molar-refractivity contribution in [2.75, 3.05) is 11.5 Å². The van der Waals surface area contributed by atoms with Gasteiger partial charge in [0.25, 0.3) is 0 Å². The predicted octanol–water partition coefficient (Wildman–Crippen LogP) is 2.92. The number of hydrogen-bond acceptors (Lipinski definition) is 7. The van der Waals surface area contributed by atoms with Crippen molar-refractivity contribution in [1.82, 2.24) is 4.98 Å². The van der Waals surface area contributed by atoms with Gasteiger partial charge in [-0.05, 0) is 22.7 Å². The molecule has 10 heteroatoms. The molecular weight excluding hydrogens is 368 g/mol. The molecule has 0 spiro atoms. The highest BCUT2D eigenvalue weighted by Gasteiger charge is 2.35. The molecule has 0 N–H and O–H groups in total. The van der Waals surface area contributed by atoms with Crippen molar-refractivity contribution in [3.8, 4) is 0 Å². The zero-order valence-corrected chi connectivity index (χ0v) is 16.1. The molecule has 8 nitrogen and oxygen atoms in total. The molecular formula is C15H24N2O6S2. The van der Waals surface area contributed by atoms with Crippen LogP contribution in [0.2, 0.25) is 0 Å². The van der Waals surface area contributed by atoms with Crippen LogP contribution in [0.5, 0.6) is 0 Å². The fourth-order valence-corrected chi connectivity index (χ4v) is 6.16. The van der Waals surface area contributed by atoms with Gasteiger partial charge in [0.2, 0.25) is 0 Å². The summed E-state index contributed by atoms with van der Waals surface area (Å²) in [4.78, 5) is 12.5. The summed E-state index contributed by atoms with van der Waals surface area (Å²) in [6.45, 7) is 3.80. The van der Waals surface area contributed by atoms with E-state index in [2.05, 4.69) is 4.98 Å². The third-order valence-electron chi connectivity index (χ3n) is 3.70. The van der Waals surface area contributed by atoms with Gasteiger partial charge in [-0.1, -0.05) is 39.5 Å². The second kappa shape index (κ2) is 9.23. The van der Waals surface area contributed by atoms with E-state index in [1.807, 2.05) is 13.8 Å². The third kappa shape index (κ3) is 5.74. The SMILES string of the molecule is CCCCCS(=O)(=O)c1ccnc([N+](=O)[O-])c1S(=O)(=O)CCCCC. The fraction of sp³-hybridized carbons (Fsp3) is 0.667. The first-order valence-electron chi connectivity index (χ1n) is 8.26. The number of nitrogens with zero attached hydrogens (tertiary/aromatic N) is 2. The lowest BCUT2D eigenvalue weighted by Gasteiger charge is -2.11. The van der Waals surface area contributed by atoms with Gasteiger partial charge in [0.15, 0.2) is 24.6 Å². The highest BCUT2D eigenvalue weighted by Crippen LogP contribution is 2.31. The standard InChI is InChI=1S/C15H24N2O6S2/c1-3-5-7-11-24(20,21)13-9-10-16-15(17(18)19)14(13)25(22,23)12-8-6-4-2/h9-10H,3-8,11-12H2,1-2H3. The molecule has 0 aromatic carbocycles. The number of nitro groups is 1. The van der Waals surface area contributed by atoms with Crippen molar-refractivity contribution in [3.05, 3.63) is 22.4 Å². The molecule has 0 aliphatic heterocycles. The Morgan fingerprint density at radius 2 is 1.48 bits per heavy atom. The molecule has 0 aliphatic carbocycles. The maximum atomic E-state index is 12.6. The van der Waals surface area contributed by atoms with E-state index in [9.17, 15) is 26.9 Å². The molecule has 1 aromatic rings. The van der Waals surface area contributed by atoms with Crippen molar-refractivity contribution in [2.45, 2.75) is 62.2 Å². The molecule has 0 aliphatic rings. The lowest BCUT2D eigenvalue weighted by molar-refractivity contribution is -0.393. The first kappa shape index (κ1) is 21.5. The molecule has 1 rings (SSSR count). The lowest BCUT2D eigenvalue weighted by atomic mass is 10.3. The second-order valence-corrected chi connectivity index (χ2v) is 9.89. The predicted molar refractivity (Wildman–Crippen MR) is 94.0 cm³/mol. The van der Waals surface area contributed by atoms with Crippen molar-refractivity contribution >= 4 is 25.5 Å². The fourth-order valence-electron chi connectivity index (χ4n) is 2.38. The maximum Gasteiger partial charge on any atom is 0.383 e. The Morgan fingerprint density at radius 3 is 1.96 bits per heavy atom. The quantitative estimate of drug-likeness (QED) is 0.322. The number of sulfone groups is 2. The van der Waals surface area contributed by atoms with Gasteiger partial charge >= 0.3 is 5.82 Å². The molecule has 0 saturated carbocycles. The molecule has 0 fully saturated rings. The van der Waals surface area contributed by atoms with Crippen LogP contribution in [0.1, 0.15) is 52.4 Å². The molecule has 0 atom stereocenters. The molecule has 0 radical (unpaired) electrons. The molecule has 0 bridgehead atoms. The Kier molecular flexibility index (Phi) is 7.94. The minimum atomic E-state index is -4.14. The summed E-state index contributed by atoms with van der Waals surface area (Å²) in [5, 5.41) is 11.2. The van der Waals surface area contributed by atoms with Crippen LogP contribution in [-0.4, -0.2) is 38.2 Å². The van der Waals surface area contributed by atoms with E-state index in [-0.39, 0.29) is 11.5 Å². The van der Waals surface area contributed by atoms with Crippen molar-refractivity contribution in [2.24, 2.45) is 0 Å². The zero-order valence-electron chi connectivity index (χ0n) is 14.5. The molecule has 1 aromatic heterocycles. The summed E-state index contributed by atoms with van der Waals surface area (Å²) < 4.78 is 50.4. The number of pyridine rings is 1. The monoisotopic (exact) mass is 392 g/mol. The van der Waals surface area contributed by atoms with Crippen LogP contribution in [-0.2, 0) is 19.7 Å². The van der Waals surface area contributed by atoms with E-state index in [4.69, 9.17) is 0 Å². The Bertz CT molecular complexity index is 803. The largest absolute Gasteiger partial charge is 0.383 e. The summed E-state index contributed by atoms with van der Waals surface area (Å²) >= 11 is 0. The number of unbranched alkanes of at least 4 members (excludes halogenated alkanes) is 4. The van der Waals surface area contributed by atoms with Crippen LogP contribution in [0.15, 0.2) is 22.1 Å². The molecule has 25 heavy (non-hydrogen) atoms. The van der Waals surface area contributed by atoms with Crippen LogP contribution in [0.4, 0.5) is 5.82 Å². The summed E-state index contributed by atoms with van der Waals surface area (Å²) in [5.74, 6) is -1.52. The van der Waals surface area contributed by atoms with Gasteiger partial charge in [0.05, 0.1) is 16.4 Å². The summed E-state index contributed by atoms with van der Waals surface area (Å²) in [5.41, 5.74) is 0. The Labute approximate surface area is 148 Å². The third-order valence-corrected chi connectivity index (χ3v) is 7.52. The van der Waals surface area contributed by atoms with Gasteiger partial charge in [0, 0.05) is 6.07 Å². The Morgan fingerprint density at radius 1 is 0.960 bits per heavy atom. The minimum Gasteiger partial charge on any atom is -0.358 e. The maximum absolute atomic E-state index is 12.6. The average molecular weight is 392 g/mol. The van der Waals surface area contributed by atoms with Crippen molar-refractivity contribution < 1.29 is 21.8 Å². The van der Waals surface area contributed by atoms with Crippen LogP contribution in [0, 0.1) is 10.1 Å². The highest BCUT2D eigenvalue weighted by molar-refractivity contribution is 7.94. The van der Waals surface area contributed by atoms with Gasteiger partial charge in [0.1, 0.15) is 6.20 Å². The molecule has 0 amide bonds. The van der Waals surface area contributed by atoms with Crippen LogP contribution in [0.3, 0.4) is 0 Å². The van der Waals surface area contributed by atoms with E-state index in [1.54, 1.807) is 0 Å². The van der Waals surface area contributed by atoms with Crippen LogP contribution >= 0.6 is 0 Å². The summed E-state index contributed by atoms with van der Waals surface area (Å²) in [7, 11) is -8.09. The summed E-state index contributed by atoms with van der Waals surface area (Å²) in [6, 6.07) is 1.04. The number of rotatable bonds is 11. The van der Waals surface area contributed by atoms with E-state index in [0.29, 0.717) is 25.7 Å². The highest BCUT2D eigenvalue weighted by atomic mass is 32.2. The smallest absolute Gasteiger partial charge is 0.358 e. The molecule has 1 heterocycles. The van der Waals surface area contributed by atoms with Crippen molar-refractivity contribution in [3.63, 3.8) is 0 Å². The lowest BCUT2D eigenvalue weighted by Crippen LogP contribution is -2.17. The first-order chi connectivity index (χ1) is 11.7. The van der Waals surface area contributed by atoms with E-state index in [0.717, 1.165) is 25.1 Å². The Balaban J connectivity index is 3.45. The van der Waals surface area contributed by atoms with Crippen molar-refractivity contribution in [1.29, 1.82) is 0 Å². The van der Waals surface area contributed by atoms with Gasteiger partial charge in [-0.25, -0.2) is 16.8 Å². The Hall–Kier alpha value is -1.55. The van der Waals surface area contributed by atoms with Gasteiger partial charge < -0.3 is 10.1 Å². The van der Waals surface area contributed by atoms with Crippen LogP contribution < -0.4 is 0 Å². The van der Waals surface area contributed by atoms with Gasteiger partial charge in [-0.3, -0.25) is 0 Å². The summed E-state index contributed by atoms with van der Waals surface area (Å²) in [6.07, 6.45) is 4.51. The molecule has 0 unspecified atom stereocenters. The number of hydrogen-bond donors (Lipinski definition) is 0. The van der Waals surface area contributed by atoms with E-state index >= 15 is 0 Å². The van der Waals surface area contributed by atoms with Gasteiger partial charge in [-0.15, -0.1) is 0 Å². The molecule has 0 saturated heterocycles. The second-order valence-electron chi connectivity index (χ2n) is 5.77. The first-order valence-corrected chi connectivity index (χ1v) is 11.6. The zero-order chi connectivity index (χ0) is 19.1. The van der Waals surface area contributed by atoms with Crippen LogP contribution in [0.25, 0.3) is 0 Å². The van der Waals surface area contributed by atoms with Gasteiger partial charge in [-0.2, -0.15) is 0 Å². The average Bonchev–Trinajstić information content (AvgIpc) is 2.54. The normalized spacial score (nSPS) is 12.2. The minimum absolute atomic E-state index is 0.251. The number of aromatic nitrogens is 1.